The molecule has 0 atom stereocenters. The van der Waals surface area contributed by atoms with Crippen molar-refractivity contribution in [1.82, 2.24) is 5.32 Å². The van der Waals surface area contributed by atoms with E-state index >= 15 is 0 Å². The lowest BCUT2D eigenvalue weighted by atomic mass is 9.77. The van der Waals surface area contributed by atoms with Crippen molar-refractivity contribution >= 4 is 0 Å². The lowest BCUT2D eigenvalue weighted by molar-refractivity contribution is 0.341. The van der Waals surface area contributed by atoms with Crippen LogP contribution in [0.3, 0.4) is 0 Å². The first-order valence-corrected chi connectivity index (χ1v) is 6.48. The molecule has 2 heteroatoms. The second-order valence-corrected chi connectivity index (χ2v) is 5.77. The van der Waals surface area contributed by atoms with Gasteiger partial charge in [0.1, 0.15) is 0 Å². The molecule has 0 spiro atoms. The van der Waals surface area contributed by atoms with Gasteiger partial charge >= 0.3 is 0 Å². The Hall–Kier alpha value is -1.70. The van der Waals surface area contributed by atoms with Crippen LogP contribution in [0, 0.1) is 5.41 Å². The molecule has 0 aromatic heterocycles. The first-order valence-electron chi connectivity index (χ1n) is 6.48. The van der Waals surface area contributed by atoms with E-state index in [0.717, 1.165) is 19.4 Å². The van der Waals surface area contributed by atoms with Gasteiger partial charge in [-0.15, -0.1) is 0 Å². The molecular formula is C16H22N2. The fourth-order valence-corrected chi connectivity index (χ4v) is 2.49. The van der Waals surface area contributed by atoms with Gasteiger partial charge in [-0.25, -0.2) is 0 Å². The molecule has 0 amide bonds. The molecule has 1 aliphatic carbocycles. The summed E-state index contributed by atoms with van der Waals surface area (Å²) in [5, 5.41) is 3.52. The molecule has 18 heavy (non-hydrogen) atoms. The zero-order valence-electron chi connectivity index (χ0n) is 11.2. The second kappa shape index (κ2) is 5.30. The maximum Gasteiger partial charge on any atom is 0.0397 e. The van der Waals surface area contributed by atoms with Gasteiger partial charge in [0.25, 0.3) is 0 Å². The summed E-state index contributed by atoms with van der Waals surface area (Å²) in [6.07, 6.45) is 6.05. The zero-order valence-corrected chi connectivity index (χ0v) is 11.2. The highest BCUT2D eigenvalue weighted by Gasteiger charge is 2.25. The van der Waals surface area contributed by atoms with E-state index in [1.807, 2.05) is 6.07 Å². The van der Waals surface area contributed by atoms with E-state index in [4.69, 9.17) is 5.73 Å². The zero-order chi connectivity index (χ0) is 13.0. The van der Waals surface area contributed by atoms with Gasteiger partial charge in [-0.05, 0) is 41.7 Å². The van der Waals surface area contributed by atoms with Crippen molar-refractivity contribution in [3.63, 3.8) is 0 Å². The summed E-state index contributed by atoms with van der Waals surface area (Å²) < 4.78 is 0. The van der Waals surface area contributed by atoms with E-state index in [9.17, 15) is 0 Å². The van der Waals surface area contributed by atoms with Gasteiger partial charge in [0, 0.05) is 12.2 Å². The van der Waals surface area contributed by atoms with Gasteiger partial charge in [0.2, 0.25) is 0 Å². The minimum atomic E-state index is 0.291. The second-order valence-electron chi connectivity index (χ2n) is 5.77. The molecule has 0 bridgehead atoms. The monoisotopic (exact) mass is 242 g/mol. The molecule has 2 rings (SSSR count). The van der Waals surface area contributed by atoms with Gasteiger partial charge in [0.05, 0.1) is 0 Å². The fourth-order valence-electron chi connectivity index (χ4n) is 2.49. The van der Waals surface area contributed by atoms with E-state index in [0.29, 0.717) is 5.41 Å². The third kappa shape index (κ3) is 3.39. The average Bonchev–Trinajstić information content (AvgIpc) is 2.36. The molecule has 3 N–H and O–H groups in total. The predicted molar refractivity (Wildman–Crippen MR) is 76.7 cm³/mol. The van der Waals surface area contributed by atoms with Crippen molar-refractivity contribution in [2.45, 2.75) is 33.2 Å². The van der Waals surface area contributed by atoms with Gasteiger partial charge in [-0.3, -0.25) is 0 Å². The Morgan fingerprint density at radius 2 is 1.94 bits per heavy atom. The van der Waals surface area contributed by atoms with Crippen molar-refractivity contribution < 1.29 is 0 Å². The van der Waals surface area contributed by atoms with E-state index in [2.05, 4.69) is 49.5 Å². The highest BCUT2D eigenvalue weighted by Crippen LogP contribution is 2.36. The van der Waals surface area contributed by atoms with Crippen LogP contribution in [-0.2, 0) is 6.54 Å². The SMILES string of the molecule is CC1(C)CC(NCc2ccccc2)=C/C(=C/N)C1. The Bertz CT molecular complexity index is 455. The molecule has 0 heterocycles. The lowest BCUT2D eigenvalue weighted by Crippen LogP contribution is -2.24. The summed E-state index contributed by atoms with van der Waals surface area (Å²) in [6, 6.07) is 10.5. The molecule has 0 unspecified atom stereocenters. The number of hydrogen-bond donors (Lipinski definition) is 2. The fraction of sp³-hybridized carbons (Fsp3) is 0.375. The third-order valence-corrected chi connectivity index (χ3v) is 3.29. The Kier molecular flexibility index (Phi) is 3.75. The highest BCUT2D eigenvalue weighted by atomic mass is 14.9. The van der Waals surface area contributed by atoms with Crippen molar-refractivity contribution in [2.24, 2.45) is 11.1 Å². The Labute approximate surface area is 110 Å². The molecular weight excluding hydrogens is 220 g/mol. The topological polar surface area (TPSA) is 38.0 Å². The summed E-state index contributed by atoms with van der Waals surface area (Å²) in [7, 11) is 0. The molecule has 1 aliphatic rings. The van der Waals surface area contributed by atoms with Crippen LogP contribution >= 0.6 is 0 Å². The Morgan fingerprint density at radius 3 is 2.61 bits per heavy atom. The van der Waals surface area contributed by atoms with Crippen LogP contribution in [-0.4, -0.2) is 0 Å². The van der Waals surface area contributed by atoms with Gasteiger partial charge in [0.15, 0.2) is 0 Å². The third-order valence-electron chi connectivity index (χ3n) is 3.29. The summed E-state index contributed by atoms with van der Waals surface area (Å²) in [5.41, 5.74) is 9.76. The molecule has 0 aliphatic heterocycles. The summed E-state index contributed by atoms with van der Waals surface area (Å²) in [5.74, 6) is 0. The number of benzene rings is 1. The molecule has 0 fully saturated rings. The van der Waals surface area contributed by atoms with Gasteiger partial charge in [-0.1, -0.05) is 44.2 Å². The van der Waals surface area contributed by atoms with Crippen LogP contribution in [0.25, 0.3) is 0 Å². The van der Waals surface area contributed by atoms with Crippen LogP contribution in [0.1, 0.15) is 32.3 Å². The van der Waals surface area contributed by atoms with E-state index in [-0.39, 0.29) is 0 Å². The van der Waals surface area contributed by atoms with Crippen molar-refractivity contribution in [3.8, 4) is 0 Å². The van der Waals surface area contributed by atoms with Crippen molar-refractivity contribution in [1.29, 1.82) is 0 Å². The molecule has 1 aromatic carbocycles. The number of nitrogens with one attached hydrogen (secondary N) is 1. The number of allylic oxidation sites excluding steroid dienone is 3. The van der Waals surface area contributed by atoms with Crippen LogP contribution < -0.4 is 11.1 Å². The molecule has 1 aromatic rings. The van der Waals surface area contributed by atoms with Gasteiger partial charge < -0.3 is 11.1 Å². The number of rotatable bonds is 3. The molecule has 96 valence electrons. The molecule has 0 radical (unpaired) electrons. The van der Waals surface area contributed by atoms with Crippen LogP contribution in [0.2, 0.25) is 0 Å². The largest absolute Gasteiger partial charge is 0.404 e. The Morgan fingerprint density at radius 1 is 1.22 bits per heavy atom. The minimum absolute atomic E-state index is 0.291. The average molecular weight is 242 g/mol. The Balaban J connectivity index is 2.03. The smallest absolute Gasteiger partial charge is 0.0397 e. The summed E-state index contributed by atoms with van der Waals surface area (Å²) in [6.45, 7) is 5.45. The quantitative estimate of drug-likeness (QED) is 0.853. The van der Waals surface area contributed by atoms with Crippen molar-refractivity contribution in [2.75, 3.05) is 0 Å². The summed E-state index contributed by atoms with van der Waals surface area (Å²) in [4.78, 5) is 0. The minimum Gasteiger partial charge on any atom is -0.404 e. The van der Waals surface area contributed by atoms with E-state index in [1.165, 1.54) is 16.8 Å². The van der Waals surface area contributed by atoms with Crippen LogP contribution in [0.15, 0.2) is 53.9 Å². The van der Waals surface area contributed by atoms with Crippen LogP contribution in [0.5, 0.6) is 0 Å². The molecule has 0 saturated heterocycles. The predicted octanol–water partition coefficient (Wildman–Crippen LogP) is 3.32. The maximum absolute atomic E-state index is 5.66. The number of nitrogens with two attached hydrogens (primary N) is 1. The standard InChI is InChI=1S/C16H22N2/c1-16(2)9-14(11-17)8-15(10-16)18-12-13-6-4-3-5-7-13/h3-8,11,18H,9-10,12,17H2,1-2H3/b14-11-. The number of hydrogen-bond acceptors (Lipinski definition) is 2. The van der Waals surface area contributed by atoms with Gasteiger partial charge in [-0.2, -0.15) is 0 Å². The maximum atomic E-state index is 5.66. The molecule has 0 saturated carbocycles. The van der Waals surface area contributed by atoms with Crippen LogP contribution in [0.4, 0.5) is 0 Å². The van der Waals surface area contributed by atoms with E-state index in [1.54, 1.807) is 6.20 Å². The normalized spacial score (nSPS) is 20.6. The van der Waals surface area contributed by atoms with E-state index < -0.39 is 0 Å². The summed E-state index contributed by atoms with van der Waals surface area (Å²) >= 11 is 0. The highest BCUT2D eigenvalue weighted by molar-refractivity contribution is 5.28. The molecule has 2 nitrogen and oxygen atoms in total. The van der Waals surface area contributed by atoms with Crippen molar-refractivity contribution in [3.05, 3.63) is 59.4 Å². The first-order chi connectivity index (χ1) is 8.59. The first kappa shape index (κ1) is 12.7. The lowest BCUT2D eigenvalue weighted by Gasteiger charge is -2.31.